The molecule has 1 aliphatic heterocycles. The molecule has 0 aliphatic carbocycles. The van der Waals surface area contributed by atoms with Gasteiger partial charge in [-0.15, -0.1) is 4.20 Å². The first-order valence-corrected chi connectivity index (χ1v) is 4.89. The Morgan fingerprint density at radius 3 is 2.55 bits per heavy atom. The van der Waals surface area contributed by atoms with Gasteiger partial charge in [0.15, 0.2) is 0 Å². The fraction of sp³-hybridized carbons (Fsp3) is 1.00. The first-order valence-electron chi connectivity index (χ1n) is 3.46. The Hall–Kier alpha value is 0.0800. The predicted octanol–water partition coefficient (Wildman–Crippen LogP) is 2.53. The van der Waals surface area contributed by atoms with E-state index in [1.54, 1.807) is 6.92 Å². The normalized spacial score (nSPS) is 43.8. The number of halogens is 1. The van der Waals surface area contributed by atoms with Crippen molar-refractivity contribution in [2.75, 3.05) is 6.61 Å². The molecule has 0 N–H and O–H groups in total. The van der Waals surface area contributed by atoms with Gasteiger partial charge in [0.25, 0.3) is 0 Å². The highest BCUT2D eigenvalue weighted by molar-refractivity contribution is 7.48. The van der Waals surface area contributed by atoms with Gasteiger partial charge in [0.2, 0.25) is 0 Å². The Bertz CT molecular complexity index is 204. The van der Waals surface area contributed by atoms with E-state index >= 15 is 0 Å². The van der Waals surface area contributed by atoms with Gasteiger partial charge in [-0.25, -0.2) is 4.57 Å². The second-order valence-electron chi connectivity index (χ2n) is 3.44. The van der Waals surface area contributed by atoms with Crippen molar-refractivity contribution in [3.8, 4) is 0 Å². The maximum absolute atomic E-state index is 12.6. The summed E-state index contributed by atoms with van der Waals surface area (Å²) in [5, 5.41) is 0. The van der Waals surface area contributed by atoms with E-state index in [1.807, 2.05) is 13.8 Å². The van der Waals surface area contributed by atoms with Crippen molar-refractivity contribution in [2.24, 2.45) is 5.41 Å². The zero-order chi connectivity index (χ0) is 8.70. The molecule has 0 bridgehead atoms. The lowest BCUT2D eigenvalue weighted by Crippen LogP contribution is -2.36. The zero-order valence-electron chi connectivity index (χ0n) is 6.83. The number of rotatable bonds is 0. The molecule has 2 atom stereocenters. The maximum atomic E-state index is 12.6. The molecule has 0 aromatic heterocycles. The van der Waals surface area contributed by atoms with Gasteiger partial charge >= 0.3 is 7.91 Å². The fourth-order valence-corrected chi connectivity index (χ4v) is 1.93. The van der Waals surface area contributed by atoms with Crippen LogP contribution < -0.4 is 0 Å². The Kier molecular flexibility index (Phi) is 2.12. The summed E-state index contributed by atoms with van der Waals surface area (Å²) in [5.41, 5.74) is -0.264. The summed E-state index contributed by atoms with van der Waals surface area (Å²) in [7, 11) is -4.22. The molecule has 1 fully saturated rings. The summed E-state index contributed by atoms with van der Waals surface area (Å²) in [6.07, 6.45) is -0.368. The van der Waals surface area contributed by atoms with E-state index in [1.165, 1.54) is 0 Å². The molecule has 0 spiro atoms. The van der Waals surface area contributed by atoms with E-state index in [2.05, 4.69) is 9.05 Å². The average molecular weight is 182 g/mol. The van der Waals surface area contributed by atoms with E-state index in [4.69, 9.17) is 0 Å². The lowest BCUT2D eigenvalue weighted by Gasteiger charge is -2.36. The second kappa shape index (κ2) is 2.54. The van der Waals surface area contributed by atoms with Crippen molar-refractivity contribution < 1.29 is 17.8 Å². The standard InChI is InChI=1S/C6H12FO3P/c1-5-6(2,3)4-9-11(7,8)10-5/h5H,4H2,1-3H3. The van der Waals surface area contributed by atoms with Crippen molar-refractivity contribution in [1.82, 2.24) is 0 Å². The minimum Gasteiger partial charge on any atom is -0.283 e. The highest BCUT2D eigenvalue weighted by Crippen LogP contribution is 2.57. The van der Waals surface area contributed by atoms with Crippen LogP contribution >= 0.6 is 7.91 Å². The van der Waals surface area contributed by atoms with Crippen molar-refractivity contribution in [3.63, 3.8) is 0 Å². The summed E-state index contributed by atoms with van der Waals surface area (Å²) >= 11 is 0. The molecular formula is C6H12FO3P. The Morgan fingerprint density at radius 2 is 2.18 bits per heavy atom. The van der Waals surface area contributed by atoms with Crippen molar-refractivity contribution >= 4 is 7.91 Å². The van der Waals surface area contributed by atoms with Crippen molar-refractivity contribution in [2.45, 2.75) is 26.9 Å². The molecule has 2 unspecified atom stereocenters. The third kappa shape index (κ3) is 2.01. The summed E-state index contributed by atoms with van der Waals surface area (Å²) in [6.45, 7) is 5.57. The van der Waals surface area contributed by atoms with E-state index in [-0.39, 0.29) is 18.1 Å². The molecule has 11 heavy (non-hydrogen) atoms. The molecular weight excluding hydrogens is 170 g/mol. The summed E-state index contributed by atoms with van der Waals surface area (Å²) in [6, 6.07) is 0. The second-order valence-corrected chi connectivity index (χ2v) is 4.77. The summed E-state index contributed by atoms with van der Waals surface area (Å²) < 4.78 is 32.2. The summed E-state index contributed by atoms with van der Waals surface area (Å²) in [4.78, 5) is 0. The highest BCUT2D eigenvalue weighted by atomic mass is 31.2. The van der Waals surface area contributed by atoms with Crippen LogP contribution in [0.15, 0.2) is 0 Å². The number of hydrogen-bond acceptors (Lipinski definition) is 3. The van der Waals surface area contributed by atoms with Gasteiger partial charge in [-0.3, -0.25) is 9.05 Å². The minimum absolute atomic E-state index is 0.141. The average Bonchev–Trinajstić information content (AvgIpc) is 1.81. The van der Waals surface area contributed by atoms with Crippen molar-refractivity contribution in [1.29, 1.82) is 0 Å². The fourth-order valence-electron chi connectivity index (χ4n) is 0.723. The molecule has 0 aromatic carbocycles. The van der Waals surface area contributed by atoms with Gasteiger partial charge in [-0.05, 0) is 6.92 Å². The van der Waals surface area contributed by atoms with Crippen LogP contribution in [0.3, 0.4) is 0 Å². The molecule has 3 nitrogen and oxygen atoms in total. The molecule has 1 heterocycles. The molecule has 0 saturated carbocycles. The maximum Gasteiger partial charge on any atom is 0.513 e. The lowest BCUT2D eigenvalue weighted by molar-refractivity contribution is -0.0269. The third-order valence-electron chi connectivity index (χ3n) is 1.98. The first-order chi connectivity index (χ1) is 4.83. The molecule has 0 amide bonds. The Labute approximate surface area is 65.5 Å². The van der Waals surface area contributed by atoms with Gasteiger partial charge < -0.3 is 0 Å². The quantitative estimate of drug-likeness (QED) is 0.540. The van der Waals surface area contributed by atoms with Gasteiger partial charge in [0.1, 0.15) is 0 Å². The molecule has 0 aromatic rings. The van der Waals surface area contributed by atoms with Crippen LogP contribution in [0.25, 0.3) is 0 Å². The Balaban J connectivity index is 2.70. The molecule has 1 rings (SSSR count). The van der Waals surface area contributed by atoms with E-state index in [0.29, 0.717) is 0 Å². The van der Waals surface area contributed by atoms with Gasteiger partial charge in [0.05, 0.1) is 12.7 Å². The van der Waals surface area contributed by atoms with E-state index in [9.17, 15) is 8.76 Å². The molecule has 1 saturated heterocycles. The van der Waals surface area contributed by atoms with Crippen LogP contribution in [0.1, 0.15) is 20.8 Å². The topological polar surface area (TPSA) is 35.5 Å². The predicted molar refractivity (Wildman–Crippen MR) is 39.0 cm³/mol. The number of hydrogen-bond donors (Lipinski definition) is 0. The molecule has 1 aliphatic rings. The highest BCUT2D eigenvalue weighted by Gasteiger charge is 2.42. The van der Waals surface area contributed by atoms with Crippen LogP contribution in [0.5, 0.6) is 0 Å². The van der Waals surface area contributed by atoms with Gasteiger partial charge in [0, 0.05) is 5.41 Å². The van der Waals surface area contributed by atoms with Crippen LogP contribution in [-0.2, 0) is 13.6 Å². The first kappa shape index (κ1) is 9.17. The molecule has 66 valence electrons. The van der Waals surface area contributed by atoms with E-state index < -0.39 is 7.91 Å². The zero-order valence-corrected chi connectivity index (χ0v) is 7.73. The van der Waals surface area contributed by atoms with Crippen molar-refractivity contribution in [3.05, 3.63) is 0 Å². The van der Waals surface area contributed by atoms with Gasteiger partial charge in [-0.1, -0.05) is 13.8 Å². The molecule has 5 heteroatoms. The van der Waals surface area contributed by atoms with Crippen LogP contribution in [-0.4, -0.2) is 12.7 Å². The monoisotopic (exact) mass is 182 g/mol. The Morgan fingerprint density at radius 1 is 1.64 bits per heavy atom. The van der Waals surface area contributed by atoms with Gasteiger partial charge in [-0.2, -0.15) is 0 Å². The van der Waals surface area contributed by atoms with Crippen LogP contribution in [0.2, 0.25) is 0 Å². The largest absolute Gasteiger partial charge is 0.513 e. The SMILES string of the molecule is CC1OP(=O)(F)OCC1(C)C. The van der Waals surface area contributed by atoms with Crippen LogP contribution in [0, 0.1) is 5.41 Å². The summed E-state index contributed by atoms with van der Waals surface area (Å²) in [5.74, 6) is 0. The lowest BCUT2D eigenvalue weighted by atomic mass is 9.89. The minimum atomic E-state index is -4.22. The third-order valence-corrected chi connectivity index (χ3v) is 2.98. The van der Waals surface area contributed by atoms with Crippen LogP contribution in [0.4, 0.5) is 4.20 Å². The van der Waals surface area contributed by atoms with E-state index in [0.717, 1.165) is 0 Å². The molecule has 0 radical (unpaired) electrons. The smallest absolute Gasteiger partial charge is 0.283 e.